The number of nitrogens with zero attached hydrogens (tertiary/aromatic N) is 3. The second-order valence-electron chi connectivity index (χ2n) is 7.28. The van der Waals surface area contributed by atoms with Gasteiger partial charge in [0.25, 0.3) is 0 Å². The van der Waals surface area contributed by atoms with Crippen LogP contribution in [0, 0.1) is 5.92 Å². The second-order valence-corrected chi connectivity index (χ2v) is 7.28. The molecule has 9 heteroatoms. The van der Waals surface area contributed by atoms with E-state index in [1.807, 2.05) is 0 Å². The van der Waals surface area contributed by atoms with Crippen LogP contribution >= 0.6 is 0 Å². The number of amides is 2. The van der Waals surface area contributed by atoms with E-state index in [-0.39, 0.29) is 36.0 Å². The number of amidine groups is 1. The molecule has 0 aromatic heterocycles. The third kappa shape index (κ3) is 3.07. The van der Waals surface area contributed by atoms with Crippen molar-refractivity contribution >= 4 is 23.6 Å². The molecule has 0 aromatic carbocycles. The molecule has 0 saturated carbocycles. The molecule has 0 radical (unpaired) electrons. The lowest BCUT2D eigenvalue weighted by Gasteiger charge is -2.44. The number of carbonyl (C=O) groups is 3. The number of hydrogen-bond donors (Lipinski definition) is 3. The number of carboxylic acids is 1. The molecule has 0 spiro atoms. The lowest BCUT2D eigenvalue weighted by atomic mass is 9.82. The summed E-state index contributed by atoms with van der Waals surface area (Å²) in [5.74, 6) is -1.45. The largest absolute Gasteiger partial charge is 0.477 e. The molecule has 142 valence electrons. The van der Waals surface area contributed by atoms with Gasteiger partial charge in [0.05, 0.1) is 30.5 Å². The smallest absolute Gasteiger partial charge is 0.352 e. The normalized spacial score (nSPS) is 28.3. The topological polar surface area (TPSA) is 123 Å². The van der Waals surface area contributed by atoms with E-state index in [1.165, 1.54) is 9.80 Å². The fourth-order valence-corrected chi connectivity index (χ4v) is 3.90. The number of fused-ring (bicyclic) bond motifs is 1. The van der Waals surface area contributed by atoms with Gasteiger partial charge in [-0.25, -0.2) is 4.79 Å². The molecule has 3 rings (SSSR count). The summed E-state index contributed by atoms with van der Waals surface area (Å²) in [6.07, 6.45) is 0.251. The van der Waals surface area contributed by atoms with Gasteiger partial charge in [0.2, 0.25) is 11.8 Å². The molecule has 1 fully saturated rings. The number of nitrogens with one attached hydrogen (secondary N) is 1. The summed E-state index contributed by atoms with van der Waals surface area (Å²) in [7, 11) is 3.36. The lowest BCUT2D eigenvalue weighted by molar-refractivity contribution is -0.161. The zero-order valence-corrected chi connectivity index (χ0v) is 15.1. The van der Waals surface area contributed by atoms with E-state index in [2.05, 4.69) is 10.3 Å². The summed E-state index contributed by atoms with van der Waals surface area (Å²) >= 11 is 0. The standard InChI is InChI=1S/C17H24N4O5/c1-8(22)14-11-5-9(15(17(25)26)21(11)16(14)24)4-10-7-18-12(19-10)6-13(23)20(2)3/h8,10-11,14,22H,4-7H2,1-3H3,(H,18,19)(H,25,26)/t8-,10-,11-,14-/m1/s1. The van der Waals surface area contributed by atoms with Gasteiger partial charge in [-0.3, -0.25) is 14.6 Å². The first-order valence-corrected chi connectivity index (χ1v) is 8.67. The average molecular weight is 364 g/mol. The highest BCUT2D eigenvalue weighted by Crippen LogP contribution is 2.45. The van der Waals surface area contributed by atoms with E-state index in [9.17, 15) is 24.6 Å². The minimum atomic E-state index is -1.13. The van der Waals surface area contributed by atoms with E-state index in [0.29, 0.717) is 30.8 Å². The summed E-state index contributed by atoms with van der Waals surface area (Å²) in [6, 6.07) is -0.445. The van der Waals surface area contributed by atoms with Crippen LogP contribution in [0.2, 0.25) is 0 Å². The number of aliphatic hydroxyl groups is 1. The molecule has 3 N–H and O–H groups in total. The SMILES string of the molecule is C[C@@H](O)[C@H]1C(=O)N2C(C(=O)O)=C(C[C@@H]3CNC(CC(=O)N(C)C)=N3)C[C@H]12. The predicted molar refractivity (Wildman–Crippen MR) is 92.2 cm³/mol. The first-order valence-electron chi connectivity index (χ1n) is 8.67. The maximum atomic E-state index is 12.2. The summed E-state index contributed by atoms with van der Waals surface area (Å²) in [4.78, 5) is 42.9. The molecule has 0 aromatic rings. The van der Waals surface area contributed by atoms with Crippen molar-refractivity contribution in [2.45, 2.75) is 44.4 Å². The molecule has 2 amide bonds. The van der Waals surface area contributed by atoms with Gasteiger partial charge in [-0.05, 0) is 25.3 Å². The number of carbonyl (C=O) groups excluding carboxylic acids is 2. The summed E-state index contributed by atoms with van der Waals surface area (Å²) in [6.45, 7) is 2.09. The summed E-state index contributed by atoms with van der Waals surface area (Å²) < 4.78 is 0. The van der Waals surface area contributed by atoms with Crippen molar-refractivity contribution in [3.8, 4) is 0 Å². The Morgan fingerprint density at radius 2 is 2.12 bits per heavy atom. The minimum Gasteiger partial charge on any atom is -0.477 e. The average Bonchev–Trinajstić information content (AvgIpc) is 3.09. The molecule has 0 bridgehead atoms. The molecule has 0 aliphatic carbocycles. The Bertz CT molecular complexity index is 712. The van der Waals surface area contributed by atoms with E-state index in [4.69, 9.17) is 0 Å². The van der Waals surface area contributed by atoms with Crippen LogP contribution < -0.4 is 5.32 Å². The van der Waals surface area contributed by atoms with Crippen LogP contribution in [-0.4, -0.2) is 82.5 Å². The van der Waals surface area contributed by atoms with Crippen LogP contribution in [0.4, 0.5) is 0 Å². The Labute approximate surface area is 151 Å². The van der Waals surface area contributed by atoms with Gasteiger partial charge >= 0.3 is 5.97 Å². The van der Waals surface area contributed by atoms with Gasteiger partial charge in [0, 0.05) is 20.6 Å². The maximum Gasteiger partial charge on any atom is 0.352 e. The molecular weight excluding hydrogens is 340 g/mol. The summed E-state index contributed by atoms with van der Waals surface area (Å²) in [5, 5.41) is 22.4. The van der Waals surface area contributed by atoms with E-state index < -0.39 is 18.0 Å². The zero-order chi connectivity index (χ0) is 19.2. The van der Waals surface area contributed by atoms with Crippen LogP contribution in [0.1, 0.15) is 26.2 Å². The quantitative estimate of drug-likeness (QED) is 0.529. The number of aliphatic imine (C=N–C) groups is 1. The number of hydrogen-bond acceptors (Lipinski definition) is 6. The first kappa shape index (κ1) is 18.4. The molecule has 1 saturated heterocycles. The highest BCUT2D eigenvalue weighted by molar-refractivity contribution is 6.01. The minimum absolute atomic E-state index is 0.0323. The molecule has 3 aliphatic rings. The third-order valence-electron chi connectivity index (χ3n) is 5.20. The van der Waals surface area contributed by atoms with Crippen molar-refractivity contribution in [1.29, 1.82) is 0 Å². The molecule has 9 nitrogen and oxygen atoms in total. The lowest BCUT2D eigenvalue weighted by Crippen LogP contribution is -2.61. The van der Waals surface area contributed by atoms with E-state index in [0.717, 1.165) is 0 Å². The van der Waals surface area contributed by atoms with Gasteiger partial charge in [-0.15, -0.1) is 0 Å². The van der Waals surface area contributed by atoms with Gasteiger partial charge in [0.1, 0.15) is 11.5 Å². The van der Waals surface area contributed by atoms with Crippen molar-refractivity contribution < 1.29 is 24.6 Å². The molecular formula is C17H24N4O5. The Kier molecular flexibility index (Phi) is 4.74. The Balaban J connectivity index is 1.72. The fraction of sp³-hybridized carbons (Fsp3) is 0.647. The molecule has 4 atom stereocenters. The third-order valence-corrected chi connectivity index (χ3v) is 5.20. The highest BCUT2D eigenvalue weighted by Gasteiger charge is 2.56. The molecule has 26 heavy (non-hydrogen) atoms. The van der Waals surface area contributed by atoms with Crippen LogP contribution in [-0.2, 0) is 14.4 Å². The number of β-lactam (4-membered cyclic amide) rings is 1. The van der Waals surface area contributed by atoms with Gasteiger partial charge in [0.15, 0.2) is 0 Å². The Hall–Kier alpha value is -2.42. The molecule has 3 heterocycles. The number of rotatable bonds is 6. The fourth-order valence-electron chi connectivity index (χ4n) is 3.90. The Morgan fingerprint density at radius 1 is 1.42 bits per heavy atom. The Morgan fingerprint density at radius 3 is 2.69 bits per heavy atom. The highest BCUT2D eigenvalue weighted by atomic mass is 16.4. The maximum absolute atomic E-state index is 12.2. The summed E-state index contributed by atoms with van der Waals surface area (Å²) in [5.41, 5.74) is 0.708. The van der Waals surface area contributed by atoms with Crippen molar-refractivity contribution in [1.82, 2.24) is 15.1 Å². The van der Waals surface area contributed by atoms with Crippen molar-refractivity contribution in [3.05, 3.63) is 11.3 Å². The van der Waals surface area contributed by atoms with Crippen molar-refractivity contribution in [2.24, 2.45) is 10.9 Å². The van der Waals surface area contributed by atoms with Gasteiger partial charge in [-0.1, -0.05) is 0 Å². The van der Waals surface area contributed by atoms with Crippen molar-refractivity contribution in [2.75, 3.05) is 20.6 Å². The first-order chi connectivity index (χ1) is 12.2. The van der Waals surface area contributed by atoms with Crippen LogP contribution in [0.3, 0.4) is 0 Å². The van der Waals surface area contributed by atoms with Gasteiger partial charge in [-0.2, -0.15) is 0 Å². The van der Waals surface area contributed by atoms with E-state index in [1.54, 1.807) is 21.0 Å². The molecule has 0 unspecified atom stereocenters. The second kappa shape index (κ2) is 6.71. The number of aliphatic carboxylic acids is 1. The molecule has 3 aliphatic heterocycles. The van der Waals surface area contributed by atoms with E-state index >= 15 is 0 Å². The van der Waals surface area contributed by atoms with Crippen LogP contribution in [0.15, 0.2) is 16.3 Å². The predicted octanol–water partition coefficient (Wildman–Crippen LogP) is -0.825. The van der Waals surface area contributed by atoms with Gasteiger partial charge < -0.3 is 25.3 Å². The van der Waals surface area contributed by atoms with Crippen molar-refractivity contribution in [3.63, 3.8) is 0 Å². The monoisotopic (exact) mass is 364 g/mol. The number of carboxylic acid groups (broad SMARTS) is 1. The van der Waals surface area contributed by atoms with Crippen LogP contribution in [0.25, 0.3) is 0 Å². The zero-order valence-electron chi connectivity index (χ0n) is 15.1. The van der Waals surface area contributed by atoms with Crippen LogP contribution in [0.5, 0.6) is 0 Å². The number of aliphatic hydroxyl groups excluding tert-OH is 1.